The number of hydrogen-bond acceptors (Lipinski definition) is 2. The van der Waals surface area contributed by atoms with Gasteiger partial charge in [0, 0.05) is 16.7 Å². The van der Waals surface area contributed by atoms with Crippen LogP contribution in [-0.2, 0) is 4.79 Å². The smallest absolute Gasteiger partial charge is 0.239 e. The van der Waals surface area contributed by atoms with Crippen LogP contribution in [0.25, 0.3) is 0 Å². The molecule has 15 heavy (non-hydrogen) atoms. The number of carbonyl (C=O) groups is 1. The van der Waals surface area contributed by atoms with E-state index in [4.69, 9.17) is 0 Å². The number of aryl methyl sites for hydroxylation is 1. The van der Waals surface area contributed by atoms with Crippen LogP contribution < -0.4 is 10.6 Å². The molecule has 0 atom stereocenters. The molecule has 2 N–H and O–H groups in total. The number of benzene rings is 1. The number of likely N-dealkylation sites (N-methyl/N-ethyl adjacent to an activating group) is 1. The third-order valence-electron chi connectivity index (χ3n) is 2.00. The summed E-state index contributed by atoms with van der Waals surface area (Å²) < 4.78 is 1.04. The normalized spacial score (nSPS) is 9.80. The van der Waals surface area contributed by atoms with Gasteiger partial charge in [0.1, 0.15) is 0 Å². The van der Waals surface area contributed by atoms with Gasteiger partial charge in [0.05, 0.1) is 6.54 Å². The van der Waals surface area contributed by atoms with Gasteiger partial charge in [-0.15, -0.1) is 0 Å². The fraction of sp³-hybridized carbons (Fsp3) is 0.364. The zero-order valence-corrected chi connectivity index (χ0v) is 10.5. The van der Waals surface area contributed by atoms with Crippen molar-refractivity contribution in [1.29, 1.82) is 0 Å². The van der Waals surface area contributed by atoms with Gasteiger partial charge in [-0.2, -0.15) is 0 Å². The maximum Gasteiger partial charge on any atom is 0.239 e. The molecule has 0 aliphatic carbocycles. The van der Waals surface area contributed by atoms with E-state index in [9.17, 15) is 4.79 Å². The number of anilines is 1. The Labute approximate surface area is 98.4 Å². The Balaban J connectivity index is 2.54. The molecule has 0 heterocycles. The molecule has 0 radical (unpaired) electrons. The maximum absolute atomic E-state index is 11.2. The Hall–Kier alpha value is -1.03. The Morgan fingerprint density at radius 2 is 2.20 bits per heavy atom. The van der Waals surface area contributed by atoms with E-state index < -0.39 is 0 Å². The van der Waals surface area contributed by atoms with Crippen molar-refractivity contribution in [3.8, 4) is 0 Å². The predicted molar refractivity (Wildman–Crippen MR) is 66.1 cm³/mol. The minimum absolute atomic E-state index is 0.0137. The zero-order chi connectivity index (χ0) is 11.3. The molecule has 0 unspecified atom stereocenters. The lowest BCUT2D eigenvalue weighted by atomic mass is 10.2. The fourth-order valence-electron chi connectivity index (χ4n) is 1.26. The number of hydrogen-bond donors (Lipinski definition) is 2. The molecule has 1 rings (SSSR count). The maximum atomic E-state index is 11.2. The first kappa shape index (κ1) is 12.0. The third kappa shape index (κ3) is 3.91. The Kier molecular flexibility index (Phi) is 4.62. The van der Waals surface area contributed by atoms with E-state index >= 15 is 0 Å². The topological polar surface area (TPSA) is 41.1 Å². The van der Waals surface area contributed by atoms with Crippen molar-refractivity contribution in [3.63, 3.8) is 0 Å². The molecule has 0 aromatic heterocycles. The first-order valence-corrected chi connectivity index (χ1v) is 5.69. The van der Waals surface area contributed by atoms with Gasteiger partial charge in [0.25, 0.3) is 0 Å². The van der Waals surface area contributed by atoms with Crippen molar-refractivity contribution in [2.45, 2.75) is 13.8 Å². The van der Waals surface area contributed by atoms with Gasteiger partial charge in [-0.25, -0.2) is 0 Å². The van der Waals surface area contributed by atoms with E-state index in [1.54, 1.807) is 0 Å². The molecular formula is C11H15BrN2O. The van der Waals surface area contributed by atoms with Crippen molar-refractivity contribution >= 4 is 27.5 Å². The predicted octanol–water partition coefficient (Wildman–Crippen LogP) is 2.31. The average molecular weight is 271 g/mol. The van der Waals surface area contributed by atoms with Crippen molar-refractivity contribution in [1.82, 2.24) is 5.32 Å². The largest absolute Gasteiger partial charge is 0.376 e. The molecule has 0 fully saturated rings. The number of nitrogens with one attached hydrogen (secondary N) is 2. The van der Waals surface area contributed by atoms with Crippen LogP contribution >= 0.6 is 15.9 Å². The van der Waals surface area contributed by atoms with E-state index in [-0.39, 0.29) is 5.91 Å². The second-order valence-corrected chi connectivity index (χ2v) is 4.18. The molecule has 82 valence electrons. The first-order chi connectivity index (χ1) is 7.13. The molecule has 3 nitrogen and oxygen atoms in total. The molecule has 1 aromatic carbocycles. The second kappa shape index (κ2) is 5.75. The highest BCUT2D eigenvalue weighted by molar-refractivity contribution is 9.10. The number of halogens is 1. The van der Waals surface area contributed by atoms with Crippen LogP contribution in [0.15, 0.2) is 22.7 Å². The van der Waals surface area contributed by atoms with Crippen molar-refractivity contribution in [3.05, 3.63) is 28.2 Å². The second-order valence-electron chi connectivity index (χ2n) is 3.27. The summed E-state index contributed by atoms with van der Waals surface area (Å²) in [6.07, 6.45) is 0. The van der Waals surface area contributed by atoms with E-state index in [0.717, 1.165) is 15.7 Å². The van der Waals surface area contributed by atoms with Gasteiger partial charge >= 0.3 is 0 Å². The molecule has 1 amide bonds. The lowest BCUT2D eigenvalue weighted by Crippen LogP contribution is -2.29. The molecule has 0 saturated carbocycles. The molecule has 0 aliphatic heterocycles. The van der Waals surface area contributed by atoms with E-state index in [1.165, 1.54) is 0 Å². The van der Waals surface area contributed by atoms with Crippen LogP contribution in [-0.4, -0.2) is 19.0 Å². The van der Waals surface area contributed by atoms with Gasteiger partial charge in [0.15, 0.2) is 0 Å². The summed E-state index contributed by atoms with van der Waals surface area (Å²) in [6, 6.07) is 5.92. The van der Waals surface area contributed by atoms with Gasteiger partial charge in [0.2, 0.25) is 5.91 Å². The molecular weight excluding hydrogens is 256 g/mol. The van der Waals surface area contributed by atoms with E-state index in [1.807, 2.05) is 32.0 Å². The van der Waals surface area contributed by atoms with Crippen molar-refractivity contribution in [2.24, 2.45) is 0 Å². The summed E-state index contributed by atoms with van der Waals surface area (Å²) in [5.41, 5.74) is 2.11. The van der Waals surface area contributed by atoms with Crippen LogP contribution in [0.5, 0.6) is 0 Å². The van der Waals surface area contributed by atoms with Crippen LogP contribution in [0.3, 0.4) is 0 Å². The highest BCUT2D eigenvalue weighted by atomic mass is 79.9. The van der Waals surface area contributed by atoms with Crippen LogP contribution in [0.4, 0.5) is 5.69 Å². The van der Waals surface area contributed by atoms with Gasteiger partial charge in [-0.05, 0) is 37.6 Å². The summed E-state index contributed by atoms with van der Waals surface area (Å²) in [6.45, 7) is 4.89. The number of rotatable bonds is 4. The summed E-state index contributed by atoms with van der Waals surface area (Å²) in [4.78, 5) is 11.2. The summed E-state index contributed by atoms with van der Waals surface area (Å²) >= 11 is 3.39. The highest BCUT2D eigenvalue weighted by Gasteiger charge is 2.01. The highest BCUT2D eigenvalue weighted by Crippen LogP contribution is 2.19. The van der Waals surface area contributed by atoms with Crippen LogP contribution in [0, 0.1) is 6.92 Å². The average Bonchev–Trinajstić information content (AvgIpc) is 2.17. The van der Waals surface area contributed by atoms with Gasteiger partial charge in [-0.1, -0.05) is 15.9 Å². The minimum atomic E-state index is 0.0137. The third-order valence-corrected chi connectivity index (χ3v) is 2.50. The Bertz CT molecular complexity index is 352. The van der Waals surface area contributed by atoms with E-state index in [2.05, 4.69) is 26.6 Å². The molecule has 1 aromatic rings. The Morgan fingerprint density at radius 1 is 1.47 bits per heavy atom. The molecule has 0 spiro atoms. The number of carbonyl (C=O) groups excluding carboxylic acids is 1. The fourth-order valence-corrected chi connectivity index (χ4v) is 1.74. The Morgan fingerprint density at radius 3 is 2.80 bits per heavy atom. The quantitative estimate of drug-likeness (QED) is 0.882. The molecule has 0 aliphatic rings. The molecule has 0 saturated heterocycles. The lowest BCUT2D eigenvalue weighted by molar-refractivity contribution is -0.119. The van der Waals surface area contributed by atoms with Crippen LogP contribution in [0.2, 0.25) is 0 Å². The van der Waals surface area contributed by atoms with Crippen molar-refractivity contribution in [2.75, 3.05) is 18.4 Å². The van der Waals surface area contributed by atoms with Crippen LogP contribution in [0.1, 0.15) is 12.5 Å². The van der Waals surface area contributed by atoms with Gasteiger partial charge in [-0.3, -0.25) is 4.79 Å². The first-order valence-electron chi connectivity index (χ1n) is 4.90. The molecule has 0 bridgehead atoms. The zero-order valence-electron chi connectivity index (χ0n) is 8.93. The number of amides is 1. The van der Waals surface area contributed by atoms with Gasteiger partial charge < -0.3 is 10.6 Å². The van der Waals surface area contributed by atoms with E-state index in [0.29, 0.717) is 13.1 Å². The SMILES string of the molecule is CCNC(=O)CNc1ccc(Br)cc1C. The molecule has 4 heteroatoms. The monoisotopic (exact) mass is 270 g/mol. The van der Waals surface area contributed by atoms with Crippen molar-refractivity contribution < 1.29 is 4.79 Å². The minimum Gasteiger partial charge on any atom is -0.376 e. The summed E-state index contributed by atoms with van der Waals surface area (Å²) in [5, 5.41) is 5.83. The lowest BCUT2D eigenvalue weighted by Gasteiger charge is -2.09. The summed E-state index contributed by atoms with van der Waals surface area (Å²) in [5.74, 6) is 0.0137. The standard InChI is InChI=1S/C11H15BrN2O/c1-3-13-11(15)7-14-10-5-4-9(12)6-8(10)2/h4-6,14H,3,7H2,1-2H3,(H,13,15). The summed E-state index contributed by atoms with van der Waals surface area (Å²) in [7, 11) is 0.